The molecule has 0 saturated carbocycles. The smallest absolute Gasteiger partial charge is 0.258 e. The normalized spacial score (nSPS) is 19.5. The molecule has 0 unspecified atom stereocenters. The molecule has 7 heteroatoms. The molecule has 2 aliphatic rings. The molecule has 6 nitrogen and oxygen atoms in total. The number of aryl methyl sites for hydroxylation is 1. The van der Waals surface area contributed by atoms with E-state index >= 15 is 0 Å². The van der Waals surface area contributed by atoms with E-state index in [4.69, 9.17) is 9.72 Å². The van der Waals surface area contributed by atoms with Gasteiger partial charge >= 0.3 is 0 Å². The average Bonchev–Trinajstić information content (AvgIpc) is 3.12. The van der Waals surface area contributed by atoms with Crippen LogP contribution >= 0.6 is 0 Å². The van der Waals surface area contributed by atoms with E-state index in [1.165, 1.54) is 0 Å². The van der Waals surface area contributed by atoms with E-state index in [1.54, 1.807) is 4.57 Å². The lowest BCUT2D eigenvalue weighted by Gasteiger charge is -2.35. The molecule has 4 heterocycles. The molecule has 0 aliphatic carbocycles. The molecular formula is C25H28N2O4Si. The molecule has 1 atom stereocenters. The largest absolute Gasteiger partial charge is 0.490 e. The molecule has 1 aromatic carbocycles. The molecule has 0 saturated heterocycles. The van der Waals surface area contributed by atoms with Gasteiger partial charge < -0.3 is 19.2 Å². The van der Waals surface area contributed by atoms with Crippen LogP contribution in [0.2, 0.25) is 19.1 Å². The zero-order valence-corrected chi connectivity index (χ0v) is 19.7. The van der Waals surface area contributed by atoms with Crippen LogP contribution in [0, 0.1) is 0 Å². The number of hydrogen-bond acceptors (Lipinski definition) is 5. The van der Waals surface area contributed by atoms with Crippen LogP contribution in [0.25, 0.3) is 22.3 Å². The van der Waals surface area contributed by atoms with Gasteiger partial charge in [-0.25, -0.2) is 4.98 Å². The Morgan fingerprint density at radius 1 is 1.28 bits per heavy atom. The summed E-state index contributed by atoms with van der Waals surface area (Å²) in [5.74, 6) is 0.275. The van der Waals surface area contributed by atoms with Crippen LogP contribution in [0.4, 0.5) is 0 Å². The van der Waals surface area contributed by atoms with Gasteiger partial charge in [0, 0.05) is 16.5 Å². The number of rotatable bonds is 4. The summed E-state index contributed by atoms with van der Waals surface area (Å²) in [6, 6.07) is 10.6. The third kappa shape index (κ3) is 3.07. The third-order valence-corrected chi connectivity index (χ3v) is 8.34. The highest BCUT2D eigenvalue weighted by atomic mass is 28.4. The van der Waals surface area contributed by atoms with E-state index in [-0.39, 0.29) is 17.9 Å². The fourth-order valence-corrected chi connectivity index (χ4v) is 5.81. The first kappa shape index (κ1) is 21.1. The van der Waals surface area contributed by atoms with E-state index in [0.29, 0.717) is 24.1 Å². The lowest BCUT2D eigenvalue weighted by Crippen LogP contribution is -2.38. The van der Waals surface area contributed by atoms with Crippen molar-refractivity contribution in [2.45, 2.75) is 57.7 Å². The van der Waals surface area contributed by atoms with E-state index in [9.17, 15) is 14.7 Å². The van der Waals surface area contributed by atoms with Crippen molar-refractivity contribution in [3.63, 3.8) is 0 Å². The van der Waals surface area contributed by atoms with Gasteiger partial charge in [-0.2, -0.15) is 0 Å². The second-order valence-electron chi connectivity index (χ2n) is 9.49. The number of pyridine rings is 2. The summed E-state index contributed by atoms with van der Waals surface area (Å²) in [5.41, 5.74) is 4.06. The summed E-state index contributed by atoms with van der Waals surface area (Å²) in [4.78, 5) is 28.9. The molecule has 0 bridgehead atoms. The quantitative estimate of drug-likeness (QED) is 0.464. The van der Waals surface area contributed by atoms with E-state index in [1.807, 2.05) is 44.3 Å². The number of ether oxygens (including phenoxy) is 1. The van der Waals surface area contributed by atoms with Crippen LogP contribution in [-0.2, 0) is 29.9 Å². The van der Waals surface area contributed by atoms with Crippen molar-refractivity contribution < 1.29 is 14.6 Å². The Morgan fingerprint density at radius 3 is 2.75 bits per heavy atom. The summed E-state index contributed by atoms with van der Waals surface area (Å²) in [6.07, 6.45) is 1.10. The summed E-state index contributed by atoms with van der Waals surface area (Å²) in [5, 5.41) is 12.4. The van der Waals surface area contributed by atoms with Crippen molar-refractivity contribution >= 4 is 19.2 Å². The number of benzene rings is 1. The van der Waals surface area contributed by atoms with Gasteiger partial charge in [0.15, 0.2) is 8.32 Å². The molecule has 5 rings (SSSR count). The Hall–Kier alpha value is -2.74. The zero-order chi connectivity index (χ0) is 22.8. The van der Waals surface area contributed by atoms with Crippen LogP contribution in [0.1, 0.15) is 35.6 Å². The number of nitrogens with zero attached hydrogens (tertiary/aromatic N) is 2. The van der Waals surface area contributed by atoms with Gasteiger partial charge in [0.05, 0.1) is 29.0 Å². The van der Waals surface area contributed by atoms with E-state index in [2.05, 4.69) is 12.6 Å². The number of fused-ring (bicyclic) bond motifs is 5. The molecular weight excluding hydrogens is 420 g/mol. The van der Waals surface area contributed by atoms with Crippen molar-refractivity contribution in [3.05, 3.63) is 75.3 Å². The minimum atomic E-state index is -2.25. The topological polar surface area (TPSA) is 84.6 Å². The molecule has 3 aromatic rings. The van der Waals surface area contributed by atoms with E-state index in [0.717, 1.165) is 45.9 Å². The van der Waals surface area contributed by atoms with Crippen LogP contribution in [0.3, 0.4) is 0 Å². The highest BCUT2D eigenvalue weighted by molar-refractivity contribution is 6.69. The molecule has 32 heavy (non-hydrogen) atoms. The Kier molecular flexibility index (Phi) is 4.71. The standard InChI is InChI=1S/C25H28N2O4Si/c1-5-25(29)15(2)31-14-19-20(25)12-22-23-18(13-27(22)24(19)28)16(10-11-32(3,4)30)17-8-6-7-9-21(17)26-23/h6-9,12,29-30H,2,5,10-11,13-14H2,1,3-4H3/t25-/m1/s1. The fourth-order valence-electron chi connectivity index (χ4n) is 4.94. The Labute approximate surface area is 188 Å². The monoisotopic (exact) mass is 448 g/mol. The first-order chi connectivity index (χ1) is 15.1. The van der Waals surface area contributed by atoms with Gasteiger partial charge in [0.2, 0.25) is 0 Å². The van der Waals surface area contributed by atoms with Crippen molar-refractivity contribution in [2.24, 2.45) is 0 Å². The average molecular weight is 449 g/mol. The summed E-state index contributed by atoms with van der Waals surface area (Å²) >= 11 is 0. The van der Waals surface area contributed by atoms with Gasteiger partial charge in [0.1, 0.15) is 18.0 Å². The van der Waals surface area contributed by atoms with Crippen molar-refractivity contribution in [3.8, 4) is 11.4 Å². The number of aliphatic hydroxyl groups is 1. The second kappa shape index (κ2) is 7.13. The van der Waals surface area contributed by atoms with Crippen molar-refractivity contribution in [1.82, 2.24) is 9.55 Å². The maximum atomic E-state index is 13.5. The van der Waals surface area contributed by atoms with Gasteiger partial charge in [-0.15, -0.1) is 0 Å². The Bertz CT molecular complexity index is 1340. The van der Waals surface area contributed by atoms with Crippen LogP contribution in [0.5, 0.6) is 0 Å². The molecule has 0 radical (unpaired) electrons. The minimum absolute atomic E-state index is 0.110. The first-order valence-corrected chi connectivity index (χ1v) is 14.2. The van der Waals surface area contributed by atoms with Gasteiger partial charge in [-0.3, -0.25) is 4.79 Å². The lowest BCUT2D eigenvalue weighted by atomic mass is 9.84. The van der Waals surface area contributed by atoms with Gasteiger partial charge in [-0.1, -0.05) is 31.7 Å². The third-order valence-electron chi connectivity index (χ3n) is 6.87. The van der Waals surface area contributed by atoms with Gasteiger partial charge in [-0.05, 0) is 49.7 Å². The summed E-state index contributed by atoms with van der Waals surface area (Å²) in [6.45, 7) is 10.2. The van der Waals surface area contributed by atoms with Crippen LogP contribution in [-0.4, -0.2) is 27.8 Å². The maximum Gasteiger partial charge on any atom is 0.258 e. The SMILES string of the molecule is C=C1OCc2c(cc3n(c2=O)Cc2c-3nc3ccccc3c2CC[Si](C)(C)O)[C@@]1(O)CC. The predicted octanol–water partition coefficient (Wildman–Crippen LogP) is 3.81. The minimum Gasteiger partial charge on any atom is -0.490 e. The highest BCUT2D eigenvalue weighted by Gasteiger charge is 2.41. The fraction of sp³-hybridized carbons (Fsp3) is 0.360. The molecule has 2 aliphatic heterocycles. The highest BCUT2D eigenvalue weighted by Crippen LogP contribution is 2.43. The van der Waals surface area contributed by atoms with Crippen LogP contribution < -0.4 is 5.56 Å². The number of hydrogen-bond donors (Lipinski definition) is 2. The molecule has 2 aromatic heterocycles. The van der Waals surface area contributed by atoms with E-state index < -0.39 is 13.9 Å². The number of para-hydroxylation sites is 1. The summed E-state index contributed by atoms with van der Waals surface area (Å²) < 4.78 is 7.34. The maximum absolute atomic E-state index is 13.5. The molecule has 0 spiro atoms. The van der Waals surface area contributed by atoms with Crippen molar-refractivity contribution in [1.29, 1.82) is 0 Å². The lowest BCUT2D eigenvalue weighted by molar-refractivity contribution is -0.0172. The molecule has 0 amide bonds. The molecule has 166 valence electrons. The Balaban J connectivity index is 1.76. The molecule has 0 fully saturated rings. The van der Waals surface area contributed by atoms with Gasteiger partial charge in [0.25, 0.3) is 5.56 Å². The summed E-state index contributed by atoms with van der Waals surface area (Å²) in [7, 11) is -2.25. The van der Waals surface area contributed by atoms with Crippen LogP contribution in [0.15, 0.2) is 47.5 Å². The molecule has 2 N–H and O–H groups in total. The number of aromatic nitrogens is 2. The zero-order valence-electron chi connectivity index (χ0n) is 18.7. The second-order valence-corrected chi connectivity index (χ2v) is 13.6. The first-order valence-electron chi connectivity index (χ1n) is 11.1. The predicted molar refractivity (Wildman–Crippen MR) is 127 cm³/mol. The Morgan fingerprint density at radius 2 is 2.03 bits per heavy atom. The van der Waals surface area contributed by atoms with Crippen molar-refractivity contribution in [2.75, 3.05) is 0 Å².